The summed E-state index contributed by atoms with van der Waals surface area (Å²) in [7, 11) is -3.60. The van der Waals surface area contributed by atoms with Crippen LogP contribution in [0.2, 0.25) is 0 Å². The van der Waals surface area contributed by atoms with Crippen molar-refractivity contribution in [2.45, 2.75) is 24.3 Å². The van der Waals surface area contributed by atoms with Crippen molar-refractivity contribution >= 4 is 21.6 Å². The lowest BCUT2D eigenvalue weighted by molar-refractivity contribution is -0.120. The molecule has 3 aromatic carbocycles. The summed E-state index contributed by atoms with van der Waals surface area (Å²) >= 11 is 0. The van der Waals surface area contributed by atoms with E-state index in [9.17, 15) is 13.2 Å². The maximum absolute atomic E-state index is 12.9. The number of amides is 1. The van der Waals surface area contributed by atoms with E-state index in [2.05, 4.69) is 5.32 Å². The Morgan fingerprint density at radius 1 is 0.938 bits per heavy atom. The average molecular weight is 451 g/mol. The Morgan fingerprint density at radius 3 is 2.28 bits per heavy atom. The Labute approximate surface area is 188 Å². The first-order valence-corrected chi connectivity index (χ1v) is 12.1. The molecule has 1 aliphatic heterocycles. The normalized spacial score (nSPS) is 16.9. The van der Waals surface area contributed by atoms with Crippen molar-refractivity contribution in [1.29, 1.82) is 0 Å². The Bertz CT molecular complexity index is 1130. The van der Waals surface area contributed by atoms with Crippen LogP contribution in [0.1, 0.15) is 18.4 Å². The van der Waals surface area contributed by atoms with Gasteiger partial charge in [-0.3, -0.25) is 4.79 Å². The molecule has 1 fully saturated rings. The van der Waals surface area contributed by atoms with Crippen LogP contribution in [-0.4, -0.2) is 31.7 Å². The zero-order valence-corrected chi connectivity index (χ0v) is 18.5. The van der Waals surface area contributed by atoms with Gasteiger partial charge in [0.1, 0.15) is 12.4 Å². The highest BCUT2D eigenvalue weighted by atomic mass is 32.2. The van der Waals surface area contributed by atoms with E-state index in [-0.39, 0.29) is 17.3 Å². The first-order valence-electron chi connectivity index (χ1n) is 10.7. The van der Waals surface area contributed by atoms with Gasteiger partial charge in [-0.25, -0.2) is 8.42 Å². The molecule has 0 unspecified atom stereocenters. The molecule has 166 valence electrons. The first-order chi connectivity index (χ1) is 15.5. The predicted octanol–water partition coefficient (Wildman–Crippen LogP) is 4.31. The summed E-state index contributed by atoms with van der Waals surface area (Å²) < 4.78 is 33.0. The molecule has 1 amide bonds. The van der Waals surface area contributed by atoms with Gasteiger partial charge in [-0.15, -0.1) is 0 Å². The summed E-state index contributed by atoms with van der Waals surface area (Å²) in [4.78, 5) is 13.1. The first kappa shape index (κ1) is 22.0. The van der Waals surface area contributed by atoms with E-state index in [1.807, 2.05) is 42.5 Å². The van der Waals surface area contributed by atoms with Crippen LogP contribution in [0.5, 0.6) is 5.75 Å². The largest absolute Gasteiger partial charge is 0.489 e. The highest BCUT2D eigenvalue weighted by Crippen LogP contribution is 2.25. The van der Waals surface area contributed by atoms with Gasteiger partial charge in [-0.2, -0.15) is 4.31 Å². The fourth-order valence-electron chi connectivity index (χ4n) is 3.74. The Balaban J connectivity index is 1.34. The number of anilines is 1. The van der Waals surface area contributed by atoms with Gasteiger partial charge in [0.15, 0.2) is 0 Å². The molecule has 32 heavy (non-hydrogen) atoms. The highest BCUT2D eigenvalue weighted by molar-refractivity contribution is 7.89. The molecular formula is C25H26N2O4S. The summed E-state index contributed by atoms with van der Waals surface area (Å²) in [5.74, 6) is 0.150. The molecule has 6 nitrogen and oxygen atoms in total. The number of ether oxygens (including phenoxy) is 1. The van der Waals surface area contributed by atoms with Crippen LogP contribution in [0.15, 0.2) is 89.8 Å². The van der Waals surface area contributed by atoms with E-state index in [1.54, 1.807) is 42.5 Å². The van der Waals surface area contributed by atoms with E-state index < -0.39 is 15.9 Å². The van der Waals surface area contributed by atoms with Crippen molar-refractivity contribution in [3.63, 3.8) is 0 Å². The SMILES string of the molecule is O=C(Nc1ccc(OCc2ccccc2)cc1)[C@@H]1CCCN(S(=O)(=O)c2ccccc2)C1. The Hall–Kier alpha value is -3.16. The number of carbonyl (C=O) groups is 1. The van der Waals surface area contributed by atoms with Gasteiger partial charge in [0.05, 0.1) is 10.8 Å². The Morgan fingerprint density at radius 2 is 1.59 bits per heavy atom. The molecule has 0 bridgehead atoms. The van der Waals surface area contributed by atoms with E-state index in [1.165, 1.54) is 4.31 Å². The van der Waals surface area contributed by atoms with Crippen LogP contribution in [0.4, 0.5) is 5.69 Å². The predicted molar refractivity (Wildman–Crippen MR) is 124 cm³/mol. The lowest BCUT2D eigenvalue weighted by Crippen LogP contribution is -2.43. The molecule has 0 aromatic heterocycles. The van der Waals surface area contributed by atoms with Crippen molar-refractivity contribution in [3.05, 3.63) is 90.5 Å². The van der Waals surface area contributed by atoms with Crippen LogP contribution in [-0.2, 0) is 21.4 Å². The zero-order chi connectivity index (χ0) is 22.4. The maximum Gasteiger partial charge on any atom is 0.243 e. The standard InChI is InChI=1S/C25H26N2O4S/c28-25(21-10-7-17-27(18-21)32(29,30)24-11-5-2-6-12-24)26-22-13-15-23(16-14-22)31-19-20-8-3-1-4-9-20/h1-6,8-9,11-16,21H,7,10,17-19H2,(H,26,28)/t21-/m1/s1. The smallest absolute Gasteiger partial charge is 0.243 e. The van der Waals surface area contributed by atoms with E-state index in [0.29, 0.717) is 37.4 Å². The van der Waals surface area contributed by atoms with E-state index >= 15 is 0 Å². The highest BCUT2D eigenvalue weighted by Gasteiger charge is 2.33. The molecule has 4 rings (SSSR count). The fraction of sp³-hybridized carbons (Fsp3) is 0.240. The minimum atomic E-state index is -3.60. The third-order valence-corrected chi connectivity index (χ3v) is 7.39. The molecule has 1 atom stereocenters. The average Bonchev–Trinajstić information content (AvgIpc) is 2.85. The molecule has 1 saturated heterocycles. The quantitative estimate of drug-likeness (QED) is 0.582. The number of piperidine rings is 1. The molecule has 0 spiro atoms. The van der Waals surface area contributed by atoms with E-state index in [0.717, 1.165) is 5.56 Å². The van der Waals surface area contributed by atoms with Crippen LogP contribution in [0.3, 0.4) is 0 Å². The van der Waals surface area contributed by atoms with Crippen LogP contribution < -0.4 is 10.1 Å². The second-order valence-corrected chi connectivity index (χ2v) is 9.74. The monoisotopic (exact) mass is 450 g/mol. The summed E-state index contributed by atoms with van der Waals surface area (Å²) in [6, 6.07) is 25.5. The van der Waals surface area contributed by atoms with Crippen molar-refractivity contribution < 1.29 is 17.9 Å². The van der Waals surface area contributed by atoms with Gasteiger partial charge in [-0.1, -0.05) is 48.5 Å². The zero-order valence-electron chi connectivity index (χ0n) is 17.7. The molecule has 0 saturated carbocycles. The minimum Gasteiger partial charge on any atom is -0.489 e. The van der Waals surface area contributed by atoms with Crippen LogP contribution in [0, 0.1) is 5.92 Å². The second-order valence-electron chi connectivity index (χ2n) is 7.80. The van der Waals surface area contributed by atoms with Crippen molar-refractivity contribution in [1.82, 2.24) is 4.31 Å². The number of carbonyl (C=O) groups excluding carboxylic acids is 1. The topological polar surface area (TPSA) is 75.7 Å². The molecule has 7 heteroatoms. The van der Waals surface area contributed by atoms with Gasteiger partial charge < -0.3 is 10.1 Å². The van der Waals surface area contributed by atoms with E-state index in [4.69, 9.17) is 4.74 Å². The van der Waals surface area contributed by atoms with Crippen LogP contribution >= 0.6 is 0 Å². The molecule has 1 heterocycles. The van der Waals surface area contributed by atoms with Gasteiger partial charge in [0.25, 0.3) is 0 Å². The number of rotatable bonds is 7. The number of hydrogen-bond donors (Lipinski definition) is 1. The number of benzene rings is 3. The summed E-state index contributed by atoms with van der Waals surface area (Å²) in [5.41, 5.74) is 1.74. The molecule has 1 aliphatic rings. The summed E-state index contributed by atoms with van der Waals surface area (Å²) in [6.07, 6.45) is 1.31. The summed E-state index contributed by atoms with van der Waals surface area (Å²) in [5, 5.41) is 2.91. The molecule has 0 aliphatic carbocycles. The molecule has 0 radical (unpaired) electrons. The minimum absolute atomic E-state index is 0.170. The van der Waals surface area contributed by atoms with Crippen molar-refractivity contribution in [2.75, 3.05) is 18.4 Å². The number of hydrogen-bond acceptors (Lipinski definition) is 4. The van der Waals surface area contributed by atoms with Gasteiger partial charge in [0, 0.05) is 18.8 Å². The third-order valence-electron chi connectivity index (χ3n) is 5.51. The molecule has 3 aromatic rings. The second kappa shape index (κ2) is 9.97. The maximum atomic E-state index is 12.9. The fourth-order valence-corrected chi connectivity index (χ4v) is 5.28. The number of nitrogens with one attached hydrogen (secondary N) is 1. The van der Waals surface area contributed by atoms with Crippen LogP contribution in [0.25, 0.3) is 0 Å². The van der Waals surface area contributed by atoms with Crippen molar-refractivity contribution in [2.24, 2.45) is 5.92 Å². The molecule has 1 N–H and O–H groups in total. The van der Waals surface area contributed by atoms with Crippen molar-refractivity contribution in [3.8, 4) is 5.75 Å². The Kier molecular flexibility index (Phi) is 6.87. The molecular weight excluding hydrogens is 424 g/mol. The van der Waals surface area contributed by atoms with Gasteiger partial charge >= 0.3 is 0 Å². The number of sulfonamides is 1. The summed E-state index contributed by atoms with van der Waals surface area (Å²) in [6.45, 7) is 1.08. The number of nitrogens with zero attached hydrogens (tertiary/aromatic N) is 1. The lowest BCUT2D eigenvalue weighted by atomic mass is 9.99. The van der Waals surface area contributed by atoms with Gasteiger partial charge in [0.2, 0.25) is 15.9 Å². The third kappa shape index (κ3) is 5.36. The van der Waals surface area contributed by atoms with Gasteiger partial charge in [-0.05, 0) is 54.8 Å². The lowest BCUT2D eigenvalue weighted by Gasteiger charge is -2.31.